The molecule has 7 heteroatoms. The maximum absolute atomic E-state index is 13.0. The van der Waals surface area contributed by atoms with Crippen LogP contribution in [0.15, 0.2) is 24.3 Å². The van der Waals surface area contributed by atoms with Gasteiger partial charge in [0.05, 0.1) is 17.5 Å². The first-order chi connectivity index (χ1) is 13.4. The van der Waals surface area contributed by atoms with Gasteiger partial charge >= 0.3 is 0 Å². The molecule has 0 bridgehead atoms. The molecule has 0 N–H and O–H groups in total. The van der Waals surface area contributed by atoms with Crippen LogP contribution in [0.4, 0.5) is 5.69 Å². The summed E-state index contributed by atoms with van der Waals surface area (Å²) in [5.74, 6) is -0.228. The second kappa shape index (κ2) is 7.90. The van der Waals surface area contributed by atoms with Crippen molar-refractivity contribution in [1.29, 1.82) is 0 Å². The molecule has 2 saturated heterocycles. The van der Waals surface area contributed by atoms with Crippen LogP contribution in [0.5, 0.6) is 0 Å². The van der Waals surface area contributed by atoms with Crippen molar-refractivity contribution >= 4 is 55.3 Å². The van der Waals surface area contributed by atoms with Gasteiger partial charge < -0.3 is 4.90 Å². The summed E-state index contributed by atoms with van der Waals surface area (Å²) >= 11 is 7.23. The van der Waals surface area contributed by atoms with E-state index in [0.29, 0.717) is 30.0 Å². The van der Waals surface area contributed by atoms with E-state index in [1.807, 2.05) is 4.90 Å². The Morgan fingerprint density at radius 3 is 2.14 bits per heavy atom. The summed E-state index contributed by atoms with van der Waals surface area (Å²) in [6.07, 6.45) is 3.32. The molecule has 1 saturated carbocycles. The zero-order chi connectivity index (χ0) is 20.0. The normalized spacial score (nSPS) is 31.2. The van der Waals surface area contributed by atoms with Crippen LogP contribution >= 0.6 is 31.9 Å². The Morgan fingerprint density at radius 1 is 1.00 bits per heavy atom. The van der Waals surface area contributed by atoms with Crippen molar-refractivity contribution in [2.75, 3.05) is 18.0 Å². The number of anilines is 1. The molecule has 0 aromatic heterocycles. The van der Waals surface area contributed by atoms with E-state index in [-0.39, 0.29) is 39.2 Å². The van der Waals surface area contributed by atoms with Crippen LogP contribution in [0.3, 0.4) is 0 Å². The largest absolute Gasteiger partial charge is 0.339 e. The van der Waals surface area contributed by atoms with E-state index in [4.69, 9.17) is 0 Å². The molecular formula is C21H24Br2N2O3. The average molecular weight is 512 g/mol. The second-order valence-corrected chi connectivity index (χ2v) is 10.6. The van der Waals surface area contributed by atoms with Crippen molar-refractivity contribution in [2.24, 2.45) is 17.8 Å². The number of piperidine rings is 1. The van der Waals surface area contributed by atoms with Gasteiger partial charge in [-0.15, -0.1) is 0 Å². The van der Waals surface area contributed by atoms with Crippen LogP contribution in [0.2, 0.25) is 0 Å². The molecule has 0 unspecified atom stereocenters. The standard InChI is InChI=1S/C21H24Br2N2O3/c1-12-5-7-24(8-6-12)19(26)13-3-2-4-14(9-13)25-20(27)15-10-17(22)18(23)11-16(15)21(25)28/h2-4,9,12,15-18H,5-8,10-11H2,1H3/t15-,16-,17-,18+/m1/s1. The van der Waals surface area contributed by atoms with E-state index in [9.17, 15) is 14.4 Å². The molecule has 4 rings (SSSR count). The molecule has 4 atom stereocenters. The summed E-state index contributed by atoms with van der Waals surface area (Å²) in [5, 5.41) is 0. The molecule has 28 heavy (non-hydrogen) atoms. The molecule has 1 aliphatic carbocycles. The van der Waals surface area contributed by atoms with Gasteiger partial charge in [0.2, 0.25) is 11.8 Å². The Balaban J connectivity index is 1.57. The van der Waals surface area contributed by atoms with Crippen LogP contribution in [0.25, 0.3) is 0 Å². The van der Waals surface area contributed by atoms with Gasteiger partial charge in [0.15, 0.2) is 0 Å². The third kappa shape index (κ3) is 3.56. The first kappa shape index (κ1) is 20.1. The highest BCUT2D eigenvalue weighted by Crippen LogP contribution is 2.44. The van der Waals surface area contributed by atoms with Crippen LogP contribution in [0, 0.1) is 17.8 Å². The fourth-order valence-electron chi connectivity index (χ4n) is 4.52. The third-order valence-corrected chi connectivity index (χ3v) is 9.07. The monoisotopic (exact) mass is 510 g/mol. The number of likely N-dealkylation sites (tertiary alicyclic amines) is 1. The number of rotatable bonds is 2. The minimum absolute atomic E-state index is 0.0219. The average Bonchev–Trinajstić information content (AvgIpc) is 2.92. The lowest BCUT2D eigenvalue weighted by Gasteiger charge is -2.30. The third-order valence-electron chi connectivity index (χ3n) is 6.33. The number of hydrogen-bond donors (Lipinski definition) is 0. The van der Waals surface area contributed by atoms with E-state index < -0.39 is 0 Å². The Labute approximate surface area is 182 Å². The summed E-state index contributed by atoms with van der Waals surface area (Å²) in [5.41, 5.74) is 1.05. The SMILES string of the molecule is CC1CCN(C(=O)c2cccc(N3C(=O)[C@@H]4C[C@@H](Br)[C@@H](Br)C[C@H]4C3=O)c2)CC1. The number of amides is 3. The summed E-state index contributed by atoms with van der Waals surface area (Å²) in [6.45, 7) is 3.73. The van der Waals surface area contributed by atoms with Crippen LogP contribution in [-0.2, 0) is 9.59 Å². The van der Waals surface area contributed by atoms with Gasteiger partial charge in [0.1, 0.15) is 0 Å². The lowest BCUT2D eigenvalue weighted by atomic mass is 9.81. The summed E-state index contributed by atoms with van der Waals surface area (Å²) < 4.78 is 0. The predicted octanol–water partition coefficient (Wildman–Crippen LogP) is 3.99. The lowest BCUT2D eigenvalue weighted by Crippen LogP contribution is -2.38. The first-order valence-electron chi connectivity index (χ1n) is 9.92. The maximum atomic E-state index is 13.0. The predicted molar refractivity (Wildman–Crippen MR) is 115 cm³/mol. The number of imide groups is 1. The van der Waals surface area contributed by atoms with E-state index in [1.165, 1.54) is 4.90 Å². The molecule has 5 nitrogen and oxygen atoms in total. The van der Waals surface area contributed by atoms with Crippen molar-refractivity contribution in [3.05, 3.63) is 29.8 Å². The highest BCUT2D eigenvalue weighted by Gasteiger charge is 2.52. The number of nitrogens with zero attached hydrogens (tertiary/aromatic N) is 2. The van der Waals surface area contributed by atoms with Crippen molar-refractivity contribution in [1.82, 2.24) is 4.90 Å². The van der Waals surface area contributed by atoms with Gasteiger partial charge in [-0.1, -0.05) is 44.8 Å². The second-order valence-electron chi connectivity index (χ2n) is 8.25. The van der Waals surface area contributed by atoms with Crippen molar-refractivity contribution in [2.45, 2.75) is 42.3 Å². The number of carbonyl (C=O) groups is 3. The fourth-order valence-corrected chi connectivity index (χ4v) is 5.76. The number of fused-ring (bicyclic) bond motifs is 1. The van der Waals surface area contributed by atoms with Crippen LogP contribution in [0.1, 0.15) is 43.0 Å². The van der Waals surface area contributed by atoms with Gasteiger partial charge in [-0.3, -0.25) is 19.3 Å². The quantitative estimate of drug-likeness (QED) is 0.445. The molecule has 1 aromatic rings. The molecule has 1 aromatic carbocycles. The molecule has 150 valence electrons. The molecule has 3 amide bonds. The first-order valence-corrected chi connectivity index (χ1v) is 11.7. The molecular weight excluding hydrogens is 488 g/mol. The van der Waals surface area contributed by atoms with Crippen LogP contribution in [-0.4, -0.2) is 45.4 Å². The van der Waals surface area contributed by atoms with Crippen molar-refractivity contribution < 1.29 is 14.4 Å². The molecule has 2 aliphatic heterocycles. The van der Waals surface area contributed by atoms with Gasteiger partial charge in [0, 0.05) is 28.3 Å². The number of carbonyl (C=O) groups excluding carboxylic acids is 3. The molecule has 3 fully saturated rings. The summed E-state index contributed by atoms with van der Waals surface area (Å²) in [7, 11) is 0. The Morgan fingerprint density at radius 2 is 1.57 bits per heavy atom. The minimum Gasteiger partial charge on any atom is -0.339 e. The summed E-state index contributed by atoms with van der Waals surface area (Å²) in [6, 6.07) is 6.98. The van der Waals surface area contributed by atoms with Gasteiger partial charge in [-0.25, -0.2) is 0 Å². The van der Waals surface area contributed by atoms with E-state index in [0.717, 1.165) is 25.9 Å². The Hall–Kier alpha value is -1.21. The molecule has 2 heterocycles. The zero-order valence-corrected chi connectivity index (χ0v) is 19.0. The zero-order valence-electron chi connectivity index (χ0n) is 15.8. The van der Waals surface area contributed by atoms with Gasteiger partial charge in [0.25, 0.3) is 5.91 Å². The Bertz CT molecular complexity index is 779. The summed E-state index contributed by atoms with van der Waals surface area (Å²) in [4.78, 5) is 42.4. The molecule has 0 radical (unpaired) electrons. The Kier molecular flexibility index (Phi) is 5.67. The van der Waals surface area contributed by atoms with Crippen molar-refractivity contribution in [3.8, 4) is 0 Å². The minimum atomic E-state index is -0.284. The van der Waals surface area contributed by atoms with E-state index in [2.05, 4.69) is 38.8 Å². The lowest BCUT2D eigenvalue weighted by molar-refractivity contribution is -0.122. The number of alkyl halides is 2. The van der Waals surface area contributed by atoms with Gasteiger partial charge in [-0.2, -0.15) is 0 Å². The highest BCUT2D eigenvalue weighted by molar-refractivity contribution is 9.12. The number of hydrogen-bond acceptors (Lipinski definition) is 3. The van der Waals surface area contributed by atoms with Gasteiger partial charge in [-0.05, 0) is 49.8 Å². The van der Waals surface area contributed by atoms with E-state index >= 15 is 0 Å². The number of benzene rings is 1. The number of halogens is 2. The molecule has 3 aliphatic rings. The highest BCUT2D eigenvalue weighted by atomic mass is 79.9. The van der Waals surface area contributed by atoms with Crippen LogP contribution < -0.4 is 4.90 Å². The molecule has 0 spiro atoms. The van der Waals surface area contributed by atoms with Crippen molar-refractivity contribution in [3.63, 3.8) is 0 Å². The van der Waals surface area contributed by atoms with E-state index in [1.54, 1.807) is 24.3 Å². The fraction of sp³-hybridized carbons (Fsp3) is 0.571. The topological polar surface area (TPSA) is 57.7 Å². The maximum Gasteiger partial charge on any atom is 0.253 e. The smallest absolute Gasteiger partial charge is 0.253 e.